The van der Waals surface area contributed by atoms with Gasteiger partial charge < -0.3 is 19.8 Å². The standard InChI is InChI=1S/C30H21ClF3N3O6S2/c1-42-18-8-6-16(7-9-18)35-21(38)13-43-20-10-5-15(31)12-19(20)22-23-25(44-26-24(22)45-29(41)36-26)28(40)37(27(23)39)17-4-2-3-14(11-17)30(32,33)34/h2-12,22-23,25H,13H2,1H3,(H,35,38)(H,36,41)/t22-,23?,25?/m1/s1. The minimum Gasteiger partial charge on any atom is -0.497 e. The molecular weight excluding hydrogens is 655 g/mol. The Morgan fingerprint density at radius 1 is 1.04 bits per heavy atom. The summed E-state index contributed by atoms with van der Waals surface area (Å²) in [6.07, 6.45) is -4.69. The van der Waals surface area contributed by atoms with Gasteiger partial charge in [0.25, 0.3) is 5.91 Å². The number of aromatic nitrogens is 1. The van der Waals surface area contributed by atoms with Crippen LogP contribution in [0.3, 0.4) is 0 Å². The molecule has 0 radical (unpaired) electrons. The molecule has 2 aliphatic rings. The average Bonchev–Trinajstić information content (AvgIpc) is 3.50. The predicted molar refractivity (Wildman–Crippen MR) is 162 cm³/mol. The molecule has 9 nitrogen and oxygen atoms in total. The smallest absolute Gasteiger partial charge is 0.416 e. The average molecular weight is 676 g/mol. The van der Waals surface area contributed by atoms with E-state index >= 15 is 0 Å². The van der Waals surface area contributed by atoms with E-state index in [0.29, 0.717) is 26.9 Å². The fourth-order valence-corrected chi connectivity index (χ4v) is 8.02. The SMILES string of the molecule is COc1ccc(NC(=O)COc2ccc(Cl)cc2[C@H]2c3sc(=O)[nH]c3SC3C(=O)N(c4cccc(C(F)(F)F)c4)C(=O)C32)cc1. The maximum absolute atomic E-state index is 14.0. The number of thioether (sulfide) groups is 1. The lowest BCUT2D eigenvalue weighted by Gasteiger charge is -2.31. The molecule has 45 heavy (non-hydrogen) atoms. The molecule has 1 saturated heterocycles. The number of hydrogen-bond donors (Lipinski definition) is 2. The van der Waals surface area contributed by atoms with E-state index in [1.807, 2.05) is 0 Å². The summed E-state index contributed by atoms with van der Waals surface area (Å²) >= 11 is 8.18. The number of anilines is 2. The van der Waals surface area contributed by atoms with Gasteiger partial charge in [-0.25, -0.2) is 4.90 Å². The molecule has 3 amide bonds. The minimum atomic E-state index is -4.69. The van der Waals surface area contributed by atoms with E-state index in [-0.39, 0.29) is 16.5 Å². The monoisotopic (exact) mass is 675 g/mol. The third-order valence-electron chi connectivity index (χ3n) is 7.30. The molecule has 232 valence electrons. The lowest BCUT2D eigenvalue weighted by Crippen LogP contribution is -2.32. The Hall–Kier alpha value is -4.27. The van der Waals surface area contributed by atoms with E-state index < -0.39 is 58.0 Å². The summed E-state index contributed by atoms with van der Waals surface area (Å²) < 4.78 is 51.5. The van der Waals surface area contributed by atoms with Crippen molar-refractivity contribution in [1.82, 2.24) is 4.98 Å². The number of carbonyl (C=O) groups is 3. The molecule has 0 saturated carbocycles. The van der Waals surface area contributed by atoms with Crippen molar-refractivity contribution in [1.29, 1.82) is 0 Å². The van der Waals surface area contributed by atoms with E-state index in [1.54, 1.807) is 24.3 Å². The summed E-state index contributed by atoms with van der Waals surface area (Å²) in [5.41, 5.74) is -0.400. The van der Waals surface area contributed by atoms with Crippen LogP contribution >= 0.6 is 34.7 Å². The second kappa shape index (κ2) is 11.9. The zero-order valence-corrected chi connectivity index (χ0v) is 25.4. The van der Waals surface area contributed by atoms with Crippen LogP contribution in [0.1, 0.15) is 21.9 Å². The lowest BCUT2D eigenvalue weighted by atomic mass is 9.82. The van der Waals surface area contributed by atoms with E-state index in [1.165, 1.54) is 31.4 Å². The first-order valence-electron chi connectivity index (χ1n) is 13.3. The zero-order chi connectivity index (χ0) is 32.0. The van der Waals surface area contributed by atoms with Crippen molar-refractivity contribution < 1.29 is 37.0 Å². The third-order valence-corrected chi connectivity index (χ3v) is 9.93. The van der Waals surface area contributed by atoms with Crippen molar-refractivity contribution in [2.24, 2.45) is 5.92 Å². The second-order valence-electron chi connectivity index (χ2n) is 10.1. The molecular formula is C30H21ClF3N3O6S2. The van der Waals surface area contributed by atoms with Crippen LogP contribution in [-0.4, -0.2) is 41.7 Å². The number of nitrogens with one attached hydrogen (secondary N) is 2. The predicted octanol–water partition coefficient (Wildman–Crippen LogP) is 5.93. The van der Waals surface area contributed by atoms with Gasteiger partial charge in [0, 0.05) is 27.1 Å². The first kappa shape index (κ1) is 30.7. The molecule has 4 aromatic rings. The highest BCUT2D eigenvalue weighted by atomic mass is 35.5. The fourth-order valence-electron chi connectivity index (χ4n) is 5.34. The highest BCUT2D eigenvalue weighted by molar-refractivity contribution is 8.00. The zero-order valence-electron chi connectivity index (χ0n) is 23.0. The number of fused-ring (bicyclic) bond motifs is 2. The number of methoxy groups -OCH3 is 1. The summed E-state index contributed by atoms with van der Waals surface area (Å²) in [5, 5.41) is 2.24. The fraction of sp³-hybridized carbons (Fsp3) is 0.200. The summed E-state index contributed by atoms with van der Waals surface area (Å²) in [4.78, 5) is 56.4. The molecule has 2 aliphatic heterocycles. The summed E-state index contributed by atoms with van der Waals surface area (Å²) in [5.74, 6) is -3.24. The topological polar surface area (TPSA) is 118 Å². The number of H-pyrrole nitrogens is 1. The number of alkyl halides is 3. The maximum Gasteiger partial charge on any atom is 0.416 e. The lowest BCUT2D eigenvalue weighted by molar-refractivity contribution is -0.137. The van der Waals surface area contributed by atoms with Gasteiger partial charge >= 0.3 is 11.0 Å². The van der Waals surface area contributed by atoms with Crippen molar-refractivity contribution in [2.45, 2.75) is 22.4 Å². The van der Waals surface area contributed by atoms with Gasteiger partial charge in [0.1, 0.15) is 16.7 Å². The van der Waals surface area contributed by atoms with E-state index in [9.17, 15) is 32.3 Å². The number of carbonyl (C=O) groups excluding carboxylic acids is 3. The van der Waals surface area contributed by atoms with E-state index in [0.717, 1.165) is 46.2 Å². The van der Waals surface area contributed by atoms with Crippen LogP contribution in [0.5, 0.6) is 11.5 Å². The Labute approximate surface area is 266 Å². The molecule has 0 aliphatic carbocycles. The van der Waals surface area contributed by atoms with Crippen molar-refractivity contribution in [3.8, 4) is 11.5 Å². The van der Waals surface area contributed by atoms with E-state index in [4.69, 9.17) is 21.1 Å². The van der Waals surface area contributed by atoms with Gasteiger partial charge in [-0.3, -0.25) is 19.2 Å². The van der Waals surface area contributed by atoms with Gasteiger partial charge in [0.15, 0.2) is 6.61 Å². The molecule has 6 rings (SSSR count). The van der Waals surface area contributed by atoms with Crippen LogP contribution in [0.4, 0.5) is 24.5 Å². The number of thiazole rings is 1. The molecule has 2 unspecified atom stereocenters. The maximum atomic E-state index is 14.0. The number of benzene rings is 3. The quantitative estimate of drug-likeness (QED) is 0.233. The van der Waals surface area contributed by atoms with Gasteiger partial charge in [-0.2, -0.15) is 13.2 Å². The van der Waals surface area contributed by atoms with Crippen molar-refractivity contribution >= 4 is 63.8 Å². The highest BCUT2D eigenvalue weighted by Gasteiger charge is 2.57. The summed E-state index contributed by atoms with van der Waals surface area (Å²) in [6, 6.07) is 15.2. The van der Waals surface area contributed by atoms with E-state index in [2.05, 4.69) is 10.3 Å². The van der Waals surface area contributed by atoms with Gasteiger partial charge in [0.05, 0.1) is 29.3 Å². The number of ether oxygens (including phenoxy) is 2. The molecule has 1 aromatic heterocycles. The van der Waals surface area contributed by atoms with Crippen molar-refractivity contribution in [3.63, 3.8) is 0 Å². The number of amides is 3. The first-order chi connectivity index (χ1) is 21.4. The molecule has 15 heteroatoms. The number of nitrogens with zero attached hydrogens (tertiary/aromatic N) is 1. The molecule has 3 aromatic carbocycles. The van der Waals surface area contributed by atoms with Crippen LogP contribution in [0, 0.1) is 5.92 Å². The van der Waals surface area contributed by atoms with Crippen molar-refractivity contribution in [2.75, 3.05) is 23.9 Å². The number of imide groups is 1. The Bertz CT molecular complexity index is 1880. The first-order valence-corrected chi connectivity index (χ1v) is 15.3. The summed E-state index contributed by atoms with van der Waals surface area (Å²) in [7, 11) is 1.52. The number of aromatic amines is 1. The van der Waals surface area contributed by atoms with Crippen LogP contribution in [0.2, 0.25) is 5.02 Å². The Balaban J connectivity index is 1.35. The molecule has 2 N–H and O–H groups in total. The van der Waals surface area contributed by atoms with Gasteiger partial charge in [0.2, 0.25) is 11.8 Å². The number of halogens is 4. The van der Waals surface area contributed by atoms with Gasteiger partial charge in [-0.15, -0.1) is 0 Å². The second-order valence-corrected chi connectivity index (χ2v) is 12.7. The Morgan fingerprint density at radius 3 is 2.51 bits per heavy atom. The number of rotatable bonds is 7. The van der Waals surface area contributed by atoms with Crippen LogP contribution in [0.15, 0.2) is 76.6 Å². The van der Waals surface area contributed by atoms with Crippen LogP contribution < -0.4 is 24.6 Å². The van der Waals surface area contributed by atoms with Crippen LogP contribution in [-0.2, 0) is 20.6 Å². The Morgan fingerprint density at radius 2 is 1.80 bits per heavy atom. The highest BCUT2D eigenvalue weighted by Crippen LogP contribution is 2.55. The molecule has 0 bridgehead atoms. The van der Waals surface area contributed by atoms with Gasteiger partial charge in [-0.05, 0) is 60.7 Å². The van der Waals surface area contributed by atoms with Crippen molar-refractivity contribution in [3.05, 3.63) is 97.4 Å². The van der Waals surface area contributed by atoms with Crippen LogP contribution in [0.25, 0.3) is 0 Å². The third kappa shape index (κ3) is 5.92. The normalized spacial score (nSPS) is 19.2. The molecule has 0 spiro atoms. The van der Waals surface area contributed by atoms with Gasteiger partial charge in [-0.1, -0.05) is 40.8 Å². The molecule has 3 heterocycles. The Kier molecular flexibility index (Phi) is 8.14. The summed E-state index contributed by atoms with van der Waals surface area (Å²) in [6.45, 7) is -0.435. The molecule has 3 atom stereocenters. The molecule has 1 fully saturated rings. The largest absolute Gasteiger partial charge is 0.497 e. The number of hydrogen-bond acceptors (Lipinski definition) is 8. The minimum absolute atomic E-state index is 0.171.